The van der Waals surface area contributed by atoms with E-state index in [9.17, 15) is 22.8 Å². The second-order valence-corrected chi connectivity index (χ2v) is 9.51. The molecule has 1 aromatic carbocycles. The maximum Gasteiger partial charge on any atom is 0.490 e. The van der Waals surface area contributed by atoms with Gasteiger partial charge in [0, 0.05) is 28.9 Å². The first-order valence-corrected chi connectivity index (χ1v) is 10.1. The highest BCUT2D eigenvalue weighted by atomic mass is 35.5. The number of rotatable bonds is 5. The third-order valence-corrected chi connectivity index (χ3v) is 4.69. The van der Waals surface area contributed by atoms with E-state index < -0.39 is 35.3 Å². The lowest BCUT2D eigenvalue weighted by Gasteiger charge is -2.39. The lowest BCUT2D eigenvalue weighted by atomic mass is 9.97. The zero-order chi connectivity index (χ0) is 25.1. The van der Waals surface area contributed by atoms with Crippen molar-refractivity contribution in [3.05, 3.63) is 34.9 Å². The molecule has 2 amide bonds. The largest absolute Gasteiger partial charge is 0.490 e. The summed E-state index contributed by atoms with van der Waals surface area (Å²) in [6, 6.07) is 7.61. The van der Waals surface area contributed by atoms with Gasteiger partial charge in [-0.15, -0.1) is 0 Å². The molecule has 1 aromatic rings. The number of carboxylic acids is 1. The van der Waals surface area contributed by atoms with Gasteiger partial charge in [-0.2, -0.15) is 13.2 Å². The molecular formula is C21H28ClF3N2O5. The lowest BCUT2D eigenvalue weighted by Crippen LogP contribution is -2.52. The van der Waals surface area contributed by atoms with Crippen molar-refractivity contribution in [2.45, 2.75) is 76.7 Å². The molecule has 2 atom stereocenters. The molecule has 0 radical (unpaired) electrons. The second kappa shape index (κ2) is 9.97. The summed E-state index contributed by atoms with van der Waals surface area (Å²) in [5.41, 5.74) is 5.14. The molecule has 0 aromatic heterocycles. The van der Waals surface area contributed by atoms with E-state index in [4.69, 9.17) is 32.0 Å². The van der Waals surface area contributed by atoms with Crippen LogP contribution in [0.2, 0.25) is 5.02 Å². The van der Waals surface area contributed by atoms with Crippen LogP contribution in [0.4, 0.5) is 18.0 Å². The molecule has 1 saturated carbocycles. The number of carboxylic acid groups (broad SMARTS) is 1. The quantitative estimate of drug-likeness (QED) is 0.633. The zero-order valence-corrected chi connectivity index (χ0v) is 19.3. The third-order valence-electron chi connectivity index (χ3n) is 4.46. The first-order chi connectivity index (χ1) is 14.3. The Morgan fingerprint density at radius 3 is 2.12 bits per heavy atom. The summed E-state index contributed by atoms with van der Waals surface area (Å²) in [7, 11) is 0. The summed E-state index contributed by atoms with van der Waals surface area (Å²) in [6.07, 6.45) is -4.62. The molecule has 32 heavy (non-hydrogen) atoms. The van der Waals surface area contributed by atoms with Gasteiger partial charge < -0.3 is 15.6 Å². The smallest absolute Gasteiger partial charge is 0.475 e. The number of nitrogens with zero attached hydrogens (tertiary/aromatic N) is 1. The van der Waals surface area contributed by atoms with Crippen LogP contribution in [0.1, 0.15) is 58.9 Å². The van der Waals surface area contributed by atoms with E-state index in [1.54, 1.807) is 4.90 Å². The van der Waals surface area contributed by atoms with Gasteiger partial charge in [-0.1, -0.05) is 23.7 Å². The molecule has 0 unspecified atom stereocenters. The van der Waals surface area contributed by atoms with Gasteiger partial charge in [0.25, 0.3) is 0 Å². The topological polar surface area (TPSA) is 110 Å². The minimum absolute atomic E-state index is 0.0392. The summed E-state index contributed by atoms with van der Waals surface area (Å²) < 4.78 is 37.3. The van der Waals surface area contributed by atoms with E-state index >= 15 is 0 Å². The highest BCUT2D eigenvalue weighted by molar-refractivity contribution is 6.30. The van der Waals surface area contributed by atoms with Crippen LogP contribution in [0, 0.1) is 0 Å². The van der Waals surface area contributed by atoms with Crippen molar-refractivity contribution in [2.75, 3.05) is 0 Å². The number of halogens is 4. The maximum absolute atomic E-state index is 12.8. The summed E-state index contributed by atoms with van der Waals surface area (Å²) in [5, 5.41) is 7.79. The number of primary amides is 1. The van der Waals surface area contributed by atoms with Gasteiger partial charge >= 0.3 is 18.2 Å². The maximum atomic E-state index is 12.8. The summed E-state index contributed by atoms with van der Waals surface area (Å²) in [6.45, 7) is 9.16. The Hall–Kier alpha value is -2.49. The Morgan fingerprint density at radius 1 is 1.19 bits per heavy atom. The van der Waals surface area contributed by atoms with Gasteiger partial charge in [0.05, 0.1) is 0 Å². The van der Waals surface area contributed by atoms with E-state index in [-0.39, 0.29) is 18.4 Å². The first-order valence-electron chi connectivity index (χ1n) is 9.71. The third kappa shape index (κ3) is 8.57. The molecule has 0 heterocycles. The minimum Gasteiger partial charge on any atom is -0.475 e. The van der Waals surface area contributed by atoms with Crippen LogP contribution in [0.15, 0.2) is 24.3 Å². The Kier molecular flexibility index (Phi) is 8.59. The van der Waals surface area contributed by atoms with Gasteiger partial charge in [0.2, 0.25) is 5.91 Å². The number of hydrogen-bond acceptors (Lipinski definition) is 4. The molecule has 0 saturated heterocycles. The van der Waals surface area contributed by atoms with Crippen LogP contribution < -0.4 is 5.73 Å². The van der Waals surface area contributed by atoms with Gasteiger partial charge in [-0.3, -0.25) is 9.69 Å². The average molecular weight is 481 g/mol. The molecule has 0 spiro atoms. The number of ether oxygens (including phenoxy) is 1. The molecule has 0 bridgehead atoms. The number of nitrogens with two attached hydrogens (primary N) is 1. The number of aliphatic carboxylic acids is 1. The van der Waals surface area contributed by atoms with Crippen molar-refractivity contribution in [1.82, 2.24) is 4.90 Å². The molecule has 3 N–H and O–H groups in total. The first kappa shape index (κ1) is 27.5. The molecule has 0 aliphatic heterocycles. The normalized spacial score (nSPS) is 18.2. The van der Waals surface area contributed by atoms with Crippen molar-refractivity contribution in [3.63, 3.8) is 0 Å². The zero-order valence-electron chi connectivity index (χ0n) is 18.5. The van der Waals surface area contributed by atoms with Gasteiger partial charge in [0.15, 0.2) is 0 Å². The van der Waals surface area contributed by atoms with Crippen molar-refractivity contribution < 1.29 is 37.4 Å². The molecule has 1 aliphatic carbocycles. The molecule has 180 valence electrons. The Morgan fingerprint density at radius 2 is 1.72 bits per heavy atom. The van der Waals surface area contributed by atoms with E-state index in [2.05, 4.69) is 0 Å². The number of amides is 2. The van der Waals surface area contributed by atoms with Crippen molar-refractivity contribution in [1.29, 1.82) is 0 Å². The van der Waals surface area contributed by atoms with Crippen LogP contribution in [0.5, 0.6) is 0 Å². The monoisotopic (exact) mass is 480 g/mol. The van der Waals surface area contributed by atoms with E-state index in [0.717, 1.165) is 12.0 Å². The Balaban J connectivity index is 0.000000633. The van der Waals surface area contributed by atoms with Crippen LogP contribution in [0.3, 0.4) is 0 Å². The molecule has 1 fully saturated rings. The van der Waals surface area contributed by atoms with Gasteiger partial charge in [-0.05, 0) is 58.7 Å². The van der Waals surface area contributed by atoms with Crippen LogP contribution >= 0.6 is 11.6 Å². The lowest BCUT2D eigenvalue weighted by molar-refractivity contribution is -0.192. The van der Waals surface area contributed by atoms with Crippen LogP contribution in [0.25, 0.3) is 0 Å². The number of carbonyl (C=O) groups excluding carboxylic acids is 2. The molecule has 11 heteroatoms. The second-order valence-electron chi connectivity index (χ2n) is 9.07. The highest BCUT2D eigenvalue weighted by Crippen LogP contribution is 2.48. The Labute approximate surface area is 189 Å². The average Bonchev–Trinajstić information content (AvgIpc) is 3.31. The van der Waals surface area contributed by atoms with Gasteiger partial charge in [-0.25, -0.2) is 9.59 Å². The predicted molar refractivity (Wildman–Crippen MR) is 112 cm³/mol. The fraction of sp³-hybridized carbons (Fsp3) is 0.571. The standard InChI is InChI=1S/C19H27ClN2O3.C2HF3O2/c1-18(2,3)25-17(24)22(19(4,5)11-16(21)23)15-10-14(15)12-7-6-8-13(20)9-12;3-2(4,5)1(6)7/h6-9,14-15H,10-11H2,1-5H3,(H2,21,23);(H,6,7)/t14-,15+;/m0./s1. The predicted octanol–water partition coefficient (Wildman–Crippen LogP) is 4.72. The molecule has 2 rings (SSSR count). The highest BCUT2D eigenvalue weighted by Gasteiger charge is 2.51. The number of benzene rings is 1. The van der Waals surface area contributed by atoms with E-state index in [1.807, 2.05) is 58.9 Å². The molecular weight excluding hydrogens is 453 g/mol. The van der Waals surface area contributed by atoms with E-state index in [0.29, 0.717) is 5.02 Å². The van der Waals surface area contributed by atoms with Gasteiger partial charge in [0.1, 0.15) is 5.60 Å². The Bertz CT molecular complexity index is 853. The number of carbonyl (C=O) groups is 3. The number of alkyl halides is 3. The SMILES string of the molecule is CC(C)(C)OC(=O)N([C@@H]1C[C@H]1c1cccc(Cl)c1)C(C)(C)CC(N)=O.O=C(O)C(F)(F)F. The fourth-order valence-electron chi connectivity index (χ4n) is 3.22. The van der Waals surface area contributed by atoms with Crippen LogP contribution in [-0.2, 0) is 14.3 Å². The molecule has 7 nitrogen and oxygen atoms in total. The van der Waals surface area contributed by atoms with Crippen molar-refractivity contribution >= 4 is 29.6 Å². The summed E-state index contributed by atoms with van der Waals surface area (Å²) in [5.74, 6) is -3.02. The van der Waals surface area contributed by atoms with Crippen molar-refractivity contribution in [2.24, 2.45) is 5.73 Å². The molecule has 1 aliphatic rings. The minimum atomic E-state index is -5.08. The van der Waals surface area contributed by atoms with E-state index in [1.165, 1.54) is 0 Å². The summed E-state index contributed by atoms with van der Waals surface area (Å²) >= 11 is 6.09. The van der Waals surface area contributed by atoms with Crippen LogP contribution in [-0.4, -0.2) is 51.3 Å². The fourth-order valence-corrected chi connectivity index (χ4v) is 3.42. The number of hydrogen-bond donors (Lipinski definition) is 2. The summed E-state index contributed by atoms with van der Waals surface area (Å²) in [4.78, 5) is 34.9. The van der Waals surface area contributed by atoms with Crippen molar-refractivity contribution in [3.8, 4) is 0 Å².